The van der Waals surface area contributed by atoms with Crippen molar-refractivity contribution in [3.63, 3.8) is 0 Å². The van der Waals surface area contributed by atoms with Gasteiger partial charge in [0.15, 0.2) is 0 Å². The van der Waals surface area contributed by atoms with Gasteiger partial charge >= 0.3 is 0 Å². The van der Waals surface area contributed by atoms with Crippen LogP contribution in [-0.2, 0) is 43.2 Å². The van der Waals surface area contributed by atoms with Gasteiger partial charge in [-0.05, 0) is 73.9 Å². The van der Waals surface area contributed by atoms with Gasteiger partial charge in [0.1, 0.15) is 39.4 Å². The standard InChI is InChI=1S/C38H38Cl4N8O11S3/c1-2-12-60-33-21-31(49-47-26-7-5-25(39)6-8-26)29(41)16-23(33)18-36-44-37(46-38(45-36)43-11-3-14-62(51,52)53)19-24-17-30(42)32(22-34(24)61-13-4-15-63(54,55)56)50-48-27-9-10-28(40)35(20-27)64(57,58)59/h5-10,16-17,20-22H,2-4,11-15,18-19H2,1H3,(H,51,52,53)(H,54,55,56)(H,57,58,59)(H,43,44,45,46). The van der Waals surface area contributed by atoms with Gasteiger partial charge in [0.05, 0.1) is 51.2 Å². The molecule has 0 aliphatic heterocycles. The van der Waals surface area contributed by atoms with Crippen LogP contribution in [0.2, 0.25) is 20.1 Å². The largest absolute Gasteiger partial charge is 0.493 e. The predicted molar refractivity (Wildman–Crippen MR) is 241 cm³/mol. The summed E-state index contributed by atoms with van der Waals surface area (Å²) in [5.41, 5.74) is 1.83. The Labute approximate surface area is 388 Å². The van der Waals surface area contributed by atoms with Crippen molar-refractivity contribution in [3.05, 3.63) is 110 Å². The number of nitrogens with zero attached hydrogens (tertiary/aromatic N) is 7. The molecule has 0 spiro atoms. The minimum absolute atomic E-state index is 0.00610. The van der Waals surface area contributed by atoms with E-state index in [1.54, 1.807) is 36.4 Å². The summed E-state index contributed by atoms with van der Waals surface area (Å²) in [6.45, 7) is 2.13. The molecule has 4 N–H and O–H groups in total. The molecule has 0 amide bonds. The van der Waals surface area contributed by atoms with Gasteiger partial charge in [-0.1, -0.05) is 53.3 Å². The molecule has 19 nitrogen and oxygen atoms in total. The number of ether oxygens (including phenoxy) is 2. The van der Waals surface area contributed by atoms with Crippen molar-refractivity contribution in [2.24, 2.45) is 20.5 Å². The zero-order valence-electron chi connectivity index (χ0n) is 33.4. The van der Waals surface area contributed by atoms with E-state index in [0.717, 1.165) is 6.07 Å². The predicted octanol–water partition coefficient (Wildman–Crippen LogP) is 9.88. The third-order valence-electron chi connectivity index (χ3n) is 8.38. The number of hydrogen-bond donors (Lipinski definition) is 4. The lowest BCUT2D eigenvalue weighted by atomic mass is 10.1. The fraction of sp³-hybridized carbons (Fsp3) is 0.289. The van der Waals surface area contributed by atoms with Crippen LogP contribution < -0.4 is 14.8 Å². The monoisotopic (exact) mass is 1020 g/mol. The maximum Gasteiger partial charge on any atom is 0.296 e. The van der Waals surface area contributed by atoms with Crippen LogP contribution in [0.1, 0.15) is 49.0 Å². The molecule has 5 aromatic rings. The van der Waals surface area contributed by atoms with Crippen molar-refractivity contribution in [3.8, 4) is 11.5 Å². The van der Waals surface area contributed by atoms with Crippen LogP contribution in [0, 0.1) is 0 Å². The molecule has 0 aliphatic carbocycles. The smallest absolute Gasteiger partial charge is 0.296 e. The fourth-order valence-corrected chi connectivity index (χ4v) is 8.05. The normalized spacial score (nSPS) is 12.3. The maximum atomic E-state index is 11.8. The van der Waals surface area contributed by atoms with Gasteiger partial charge < -0.3 is 14.8 Å². The van der Waals surface area contributed by atoms with Gasteiger partial charge in [-0.3, -0.25) is 13.7 Å². The highest BCUT2D eigenvalue weighted by molar-refractivity contribution is 7.86. The van der Waals surface area contributed by atoms with Gasteiger partial charge in [0.25, 0.3) is 30.4 Å². The molecule has 1 aromatic heterocycles. The Balaban J connectivity index is 1.52. The van der Waals surface area contributed by atoms with Gasteiger partial charge in [-0.2, -0.15) is 45.4 Å². The molecule has 1 heterocycles. The molecule has 4 aromatic carbocycles. The molecule has 0 bridgehead atoms. The average Bonchev–Trinajstić information content (AvgIpc) is 3.20. The molecule has 342 valence electrons. The Morgan fingerprint density at radius 3 is 1.66 bits per heavy atom. The van der Waals surface area contributed by atoms with Crippen LogP contribution in [-0.4, -0.2) is 85.1 Å². The number of anilines is 1. The molecule has 5 rings (SSSR count). The van der Waals surface area contributed by atoms with Crippen molar-refractivity contribution >= 4 is 105 Å². The average molecular weight is 1020 g/mol. The summed E-state index contributed by atoms with van der Waals surface area (Å²) in [6.07, 6.45) is 0.535. The van der Waals surface area contributed by atoms with Crippen LogP contribution in [0.4, 0.5) is 28.7 Å². The highest BCUT2D eigenvalue weighted by Gasteiger charge is 2.19. The third kappa shape index (κ3) is 16.1. The van der Waals surface area contributed by atoms with Gasteiger partial charge in [-0.25, -0.2) is 4.98 Å². The topological polar surface area (TPSA) is 282 Å². The van der Waals surface area contributed by atoms with E-state index in [9.17, 15) is 38.9 Å². The zero-order valence-corrected chi connectivity index (χ0v) is 38.9. The minimum atomic E-state index is -4.69. The van der Waals surface area contributed by atoms with Crippen molar-refractivity contribution < 1.29 is 48.4 Å². The summed E-state index contributed by atoms with van der Waals surface area (Å²) < 4.78 is 109. The summed E-state index contributed by atoms with van der Waals surface area (Å²) >= 11 is 25.3. The second-order valence-corrected chi connectivity index (χ2v) is 19.7. The van der Waals surface area contributed by atoms with E-state index in [0.29, 0.717) is 46.3 Å². The molecule has 0 fully saturated rings. The Bertz CT molecular complexity index is 2880. The summed E-state index contributed by atoms with van der Waals surface area (Å²) in [5.74, 6) is -0.156. The van der Waals surface area contributed by atoms with Crippen LogP contribution in [0.5, 0.6) is 11.5 Å². The first-order valence-electron chi connectivity index (χ1n) is 18.8. The first-order valence-corrected chi connectivity index (χ1v) is 25.0. The fourth-order valence-electron chi connectivity index (χ4n) is 5.49. The number of aromatic nitrogens is 3. The summed E-state index contributed by atoms with van der Waals surface area (Å²) in [6, 6.07) is 16.4. The molecule has 0 saturated heterocycles. The van der Waals surface area contributed by atoms with Gasteiger partial charge in [0.2, 0.25) is 5.95 Å². The van der Waals surface area contributed by atoms with Crippen LogP contribution >= 0.6 is 46.4 Å². The number of nitrogens with one attached hydrogen (secondary N) is 1. The van der Waals surface area contributed by atoms with Crippen LogP contribution in [0.3, 0.4) is 0 Å². The number of benzene rings is 4. The Morgan fingerprint density at radius 1 is 0.609 bits per heavy atom. The van der Waals surface area contributed by atoms with E-state index in [-0.39, 0.29) is 88.6 Å². The lowest BCUT2D eigenvalue weighted by molar-refractivity contribution is 0.313. The molecule has 0 radical (unpaired) electrons. The Hall–Kier alpha value is -4.62. The van der Waals surface area contributed by atoms with E-state index in [1.807, 2.05) is 6.92 Å². The third-order valence-corrected chi connectivity index (χ3v) is 12.2. The van der Waals surface area contributed by atoms with E-state index in [2.05, 4.69) is 35.7 Å². The molecule has 26 heteroatoms. The summed E-state index contributed by atoms with van der Waals surface area (Å²) in [5, 5.41) is 20.2. The van der Waals surface area contributed by atoms with Crippen molar-refractivity contribution in [2.45, 2.75) is 43.9 Å². The highest BCUT2D eigenvalue weighted by Crippen LogP contribution is 2.38. The highest BCUT2D eigenvalue weighted by atomic mass is 35.5. The molecule has 0 saturated carbocycles. The Kier molecular flexibility index (Phi) is 17.7. The molecular formula is C38H38Cl4N8O11S3. The summed E-state index contributed by atoms with van der Waals surface area (Å²) in [4.78, 5) is 13.2. The minimum Gasteiger partial charge on any atom is -0.493 e. The van der Waals surface area contributed by atoms with Crippen molar-refractivity contribution in [1.82, 2.24) is 15.0 Å². The number of azo groups is 2. The number of halogens is 4. The SMILES string of the molecule is CCCOc1cc(N=Nc2ccc(Cl)cc2)c(Cl)cc1Cc1nc(Cc2cc(Cl)c(N=Nc3ccc(Cl)c(S(=O)(=O)O)c3)cc2OCCCS(=O)(=O)O)nc(NCCCS(=O)(=O)O)n1. The lowest BCUT2D eigenvalue weighted by Gasteiger charge is -2.15. The molecular weight excluding hydrogens is 982 g/mol. The van der Waals surface area contributed by atoms with E-state index in [1.165, 1.54) is 24.3 Å². The van der Waals surface area contributed by atoms with E-state index in [4.69, 9.17) is 60.9 Å². The van der Waals surface area contributed by atoms with E-state index >= 15 is 0 Å². The first-order chi connectivity index (χ1) is 30.2. The molecule has 0 atom stereocenters. The van der Waals surface area contributed by atoms with Crippen molar-refractivity contribution in [2.75, 3.05) is 36.6 Å². The van der Waals surface area contributed by atoms with Gasteiger partial charge in [0, 0.05) is 47.7 Å². The second kappa shape index (κ2) is 22.5. The van der Waals surface area contributed by atoms with Gasteiger partial charge in [-0.15, -0.1) is 10.2 Å². The number of rotatable bonds is 22. The lowest BCUT2D eigenvalue weighted by Crippen LogP contribution is -2.15. The molecule has 0 aliphatic rings. The summed E-state index contributed by atoms with van der Waals surface area (Å²) in [7, 11) is -13.2. The second-order valence-electron chi connectivity index (χ2n) is 13.5. The maximum absolute atomic E-state index is 11.8. The van der Waals surface area contributed by atoms with E-state index < -0.39 is 46.8 Å². The van der Waals surface area contributed by atoms with Crippen LogP contribution in [0.25, 0.3) is 0 Å². The molecule has 0 unspecified atom stereocenters. The Morgan fingerprint density at radius 2 is 1.12 bits per heavy atom. The first kappa shape index (κ1) is 50.4. The van der Waals surface area contributed by atoms with Crippen LogP contribution in [0.15, 0.2) is 92.1 Å². The quantitative estimate of drug-likeness (QED) is 0.0285. The number of hydrogen-bond acceptors (Lipinski definition) is 16. The van der Waals surface area contributed by atoms with Crippen molar-refractivity contribution in [1.29, 1.82) is 0 Å². The molecule has 64 heavy (non-hydrogen) atoms. The zero-order chi connectivity index (χ0) is 46.7.